The van der Waals surface area contributed by atoms with Crippen molar-refractivity contribution in [3.8, 4) is 0 Å². The molecule has 72 valence electrons. The fourth-order valence-electron chi connectivity index (χ4n) is 2.20. The molecule has 0 aromatic carbocycles. The minimum Gasteiger partial charge on any atom is -0.362 e. The van der Waals surface area contributed by atoms with Crippen molar-refractivity contribution in [2.75, 3.05) is 6.54 Å². The SMILES string of the molecule is Cc1cc(C(CN)C2CC2)c(C)[nH]1. The van der Waals surface area contributed by atoms with E-state index in [9.17, 15) is 0 Å². The van der Waals surface area contributed by atoms with E-state index in [1.807, 2.05) is 0 Å². The van der Waals surface area contributed by atoms with E-state index in [1.165, 1.54) is 29.8 Å². The molecule has 0 amide bonds. The van der Waals surface area contributed by atoms with Gasteiger partial charge in [-0.1, -0.05) is 0 Å². The van der Waals surface area contributed by atoms with Gasteiger partial charge in [-0.3, -0.25) is 0 Å². The maximum atomic E-state index is 5.81. The Morgan fingerprint density at radius 3 is 2.62 bits per heavy atom. The first-order valence-corrected chi connectivity index (χ1v) is 5.08. The second kappa shape index (κ2) is 3.18. The summed E-state index contributed by atoms with van der Waals surface area (Å²) in [6, 6.07) is 2.26. The average molecular weight is 178 g/mol. The van der Waals surface area contributed by atoms with Crippen LogP contribution in [0.2, 0.25) is 0 Å². The summed E-state index contributed by atoms with van der Waals surface area (Å²) in [5, 5.41) is 0. The highest BCUT2D eigenvalue weighted by molar-refractivity contribution is 5.30. The van der Waals surface area contributed by atoms with Crippen LogP contribution in [0.3, 0.4) is 0 Å². The van der Waals surface area contributed by atoms with Crippen LogP contribution in [0.1, 0.15) is 35.7 Å². The Bertz CT molecular complexity index is 297. The van der Waals surface area contributed by atoms with E-state index >= 15 is 0 Å². The number of rotatable bonds is 3. The molecule has 0 radical (unpaired) electrons. The number of hydrogen-bond donors (Lipinski definition) is 2. The molecule has 2 nitrogen and oxygen atoms in total. The molecular formula is C11H18N2. The van der Waals surface area contributed by atoms with Gasteiger partial charge in [-0.2, -0.15) is 0 Å². The van der Waals surface area contributed by atoms with E-state index < -0.39 is 0 Å². The van der Waals surface area contributed by atoms with Gasteiger partial charge in [-0.25, -0.2) is 0 Å². The van der Waals surface area contributed by atoms with Crippen molar-refractivity contribution >= 4 is 0 Å². The molecule has 3 N–H and O–H groups in total. The van der Waals surface area contributed by atoms with E-state index in [0.29, 0.717) is 5.92 Å². The number of nitrogens with one attached hydrogen (secondary N) is 1. The molecule has 0 bridgehead atoms. The van der Waals surface area contributed by atoms with Crippen LogP contribution in [0.25, 0.3) is 0 Å². The first kappa shape index (κ1) is 8.82. The fourth-order valence-corrected chi connectivity index (χ4v) is 2.20. The number of aryl methyl sites for hydroxylation is 2. The molecule has 13 heavy (non-hydrogen) atoms. The molecule has 1 unspecified atom stereocenters. The lowest BCUT2D eigenvalue weighted by atomic mass is 9.94. The van der Waals surface area contributed by atoms with Crippen molar-refractivity contribution in [3.63, 3.8) is 0 Å². The minimum atomic E-state index is 0.602. The molecule has 1 heterocycles. The zero-order chi connectivity index (χ0) is 9.42. The van der Waals surface area contributed by atoms with E-state index in [4.69, 9.17) is 5.73 Å². The summed E-state index contributed by atoms with van der Waals surface area (Å²) in [4.78, 5) is 3.35. The van der Waals surface area contributed by atoms with Crippen LogP contribution in [-0.4, -0.2) is 11.5 Å². The Morgan fingerprint density at radius 2 is 2.23 bits per heavy atom. The van der Waals surface area contributed by atoms with Crippen LogP contribution >= 0.6 is 0 Å². The number of aromatic nitrogens is 1. The summed E-state index contributed by atoms with van der Waals surface area (Å²) < 4.78 is 0. The molecule has 0 spiro atoms. The first-order valence-electron chi connectivity index (χ1n) is 5.08. The van der Waals surface area contributed by atoms with Crippen LogP contribution in [0.15, 0.2) is 6.07 Å². The van der Waals surface area contributed by atoms with Crippen LogP contribution < -0.4 is 5.73 Å². The minimum absolute atomic E-state index is 0.602. The molecule has 1 atom stereocenters. The van der Waals surface area contributed by atoms with Crippen LogP contribution in [0, 0.1) is 19.8 Å². The van der Waals surface area contributed by atoms with Crippen LogP contribution in [-0.2, 0) is 0 Å². The quantitative estimate of drug-likeness (QED) is 0.731. The lowest BCUT2D eigenvalue weighted by Crippen LogP contribution is -2.14. The molecule has 2 rings (SSSR count). The van der Waals surface area contributed by atoms with E-state index in [1.54, 1.807) is 0 Å². The summed E-state index contributed by atoms with van der Waals surface area (Å²) in [6.07, 6.45) is 2.73. The molecule has 2 heteroatoms. The van der Waals surface area contributed by atoms with E-state index in [0.717, 1.165) is 12.5 Å². The fraction of sp³-hybridized carbons (Fsp3) is 0.636. The number of H-pyrrole nitrogens is 1. The van der Waals surface area contributed by atoms with Gasteiger partial charge in [0.15, 0.2) is 0 Å². The third kappa shape index (κ3) is 1.63. The monoisotopic (exact) mass is 178 g/mol. The van der Waals surface area contributed by atoms with Crippen molar-refractivity contribution in [1.82, 2.24) is 4.98 Å². The smallest absolute Gasteiger partial charge is 0.0153 e. The normalized spacial score (nSPS) is 19.0. The summed E-state index contributed by atoms with van der Waals surface area (Å²) >= 11 is 0. The maximum absolute atomic E-state index is 5.81. The summed E-state index contributed by atoms with van der Waals surface area (Å²) in [5.74, 6) is 1.46. The largest absolute Gasteiger partial charge is 0.362 e. The van der Waals surface area contributed by atoms with Crippen molar-refractivity contribution in [3.05, 3.63) is 23.0 Å². The first-order chi connectivity index (χ1) is 6.22. The molecule has 0 saturated heterocycles. The maximum Gasteiger partial charge on any atom is 0.0153 e. The van der Waals surface area contributed by atoms with Gasteiger partial charge >= 0.3 is 0 Å². The summed E-state index contributed by atoms with van der Waals surface area (Å²) in [7, 11) is 0. The van der Waals surface area contributed by atoms with Gasteiger partial charge in [0.1, 0.15) is 0 Å². The molecule has 1 aliphatic carbocycles. The van der Waals surface area contributed by atoms with Crippen molar-refractivity contribution in [2.45, 2.75) is 32.6 Å². The third-order valence-electron chi connectivity index (χ3n) is 3.03. The molecule has 1 aromatic heterocycles. The number of aromatic amines is 1. The van der Waals surface area contributed by atoms with Gasteiger partial charge in [0.25, 0.3) is 0 Å². The summed E-state index contributed by atoms with van der Waals surface area (Å²) in [6.45, 7) is 5.05. The van der Waals surface area contributed by atoms with Gasteiger partial charge < -0.3 is 10.7 Å². The Hall–Kier alpha value is -0.760. The van der Waals surface area contributed by atoms with Crippen molar-refractivity contribution in [1.29, 1.82) is 0 Å². The second-order valence-electron chi connectivity index (χ2n) is 4.21. The molecular weight excluding hydrogens is 160 g/mol. The van der Waals surface area contributed by atoms with Gasteiger partial charge in [0.2, 0.25) is 0 Å². The highest BCUT2D eigenvalue weighted by Crippen LogP contribution is 2.42. The van der Waals surface area contributed by atoms with E-state index in [2.05, 4.69) is 24.9 Å². The Morgan fingerprint density at radius 1 is 1.54 bits per heavy atom. The van der Waals surface area contributed by atoms with Crippen LogP contribution in [0.5, 0.6) is 0 Å². The Labute approximate surface area is 79.5 Å². The summed E-state index contributed by atoms with van der Waals surface area (Å²) in [5.41, 5.74) is 9.82. The second-order valence-corrected chi connectivity index (χ2v) is 4.21. The van der Waals surface area contributed by atoms with Crippen LogP contribution in [0.4, 0.5) is 0 Å². The molecule has 1 fully saturated rings. The van der Waals surface area contributed by atoms with Crippen molar-refractivity contribution in [2.24, 2.45) is 11.7 Å². The molecule has 1 saturated carbocycles. The zero-order valence-electron chi connectivity index (χ0n) is 8.43. The topological polar surface area (TPSA) is 41.8 Å². The lowest BCUT2D eigenvalue weighted by Gasteiger charge is -2.12. The predicted octanol–water partition coefficient (Wildman–Crippen LogP) is 2.08. The van der Waals surface area contributed by atoms with Gasteiger partial charge in [-0.05, 0) is 50.8 Å². The van der Waals surface area contributed by atoms with Gasteiger partial charge in [-0.15, -0.1) is 0 Å². The highest BCUT2D eigenvalue weighted by Gasteiger charge is 2.32. The molecule has 1 aromatic rings. The van der Waals surface area contributed by atoms with Gasteiger partial charge in [0.05, 0.1) is 0 Å². The van der Waals surface area contributed by atoms with Gasteiger partial charge in [0, 0.05) is 17.3 Å². The lowest BCUT2D eigenvalue weighted by molar-refractivity contribution is 0.613. The Kier molecular flexibility index (Phi) is 2.16. The molecule has 1 aliphatic rings. The number of hydrogen-bond acceptors (Lipinski definition) is 1. The highest BCUT2D eigenvalue weighted by atomic mass is 14.7. The van der Waals surface area contributed by atoms with E-state index in [-0.39, 0.29) is 0 Å². The third-order valence-corrected chi connectivity index (χ3v) is 3.03. The predicted molar refractivity (Wildman–Crippen MR) is 54.8 cm³/mol. The average Bonchev–Trinajstić information content (AvgIpc) is 2.82. The standard InChI is InChI=1S/C11H18N2/c1-7-5-10(8(2)13-7)11(6-12)9-3-4-9/h5,9,11,13H,3-4,6,12H2,1-2H3. The van der Waals surface area contributed by atoms with Crippen molar-refractivity contribution < 1.29 is 0 Å². The number of nitrogens with two attached hydrogens (primary N) is 1. The zero-order valence-corrected chi connectivity index (χ0v) is 8.43. The molecule has 0 aliphatic heterocycles. The Balaban J connectivity index is 2.25.